The average molecular weight is 364 g/mol. The van der Waals surface area contributed by atoms with E-state index in [0.717, 1.165) is 17.8 Å². The van der Waals surface area contributed by atoms with Gasteiger partial charge in [0.15, 0.2) is 5.11 Å². The van der Waals surface area contributed by atoms with Crippen molar-refractivity contribution in [3.63, 3.8) is 0 Å². The van der Waals surface area contributed by atoms with Gasteiger partial charge in [-0.05, 0) is 54.5 Å². The minimum Gasteiger partial charge on any atom is -0.332 e. The van der Waals surface area contributed by atoms with Crippen LogP contribution in [0.1, 0.15) is 19.4 Å². The van der Waals surface area contributed by atoms with Crippen LogP contribution in [0.4, 0.5) is 11.4 Å². The molecule has 0 unspecified atom stereocenters. The second-order valence-electron chi connectivity index (χ2n) is 5.12. The Balaban J connectivity index is 2.05. The van der Waals surface area contributed by atoms with E-state index in [-0.39, 0.29) is 4.90 Å². The smallest absolute Gasteiger partial charge is 0.240 e. The van der Waals surface area contributed by atoms with Gasteiger partial charge >= 0.3 is 0 Å². The van der Waals surface area contributed by atoms with E-state index in [1.54, 1.807) is 31.2 Å². The highest BCUT2D eigenvalue weighted by molar-refractivity contribution is 7.89. The number of para-hydroxylation sites is 1. The Bertz CT molecular complexity index is 803. The predicted molar refractivity (Wildman–Crippen MR) is 103 cm³/mol. The minimum absolute atomic E-state index is 0.227. The molecule has 2 aromatic rings. The highest BCUT2D eigenvalue weighted by Gasteiger charge is 2.12. The van der Waals surface area contributed by atoms with Crippen LogP contribution in [-0.2, 0) is 16.4 Å². The van der Waals surface area contributed by atoms with Crippen molar-refractivity contribution in [2.24, 2.45) is 0 Å². The summed E-state index contributed by atoms with van der Waals surface area (Å²) < 4.78 is 26.3. The Kier molecular flexibility index (Phi) is 6.30. The fourth-order valence-electron chi connectivity index (χ4n) is 2.23. The highest BCUT2D eigenvalue weighted by Crippen LogP contribution is 2.17. The van der Waals surface area contributed by atoms with Crippen LogP contribution in [0.3, 0.4) is 0 Å². The lowest BCUT2D eigenvalue weighted by Gasteiger charge is -2.13. The zero-order valence-electron chi connectivity index (χ0n) is 13.7. The van der Waals surface area contributed by atoms with E-state index >= 15 is 0 Å². The van der Waals surface area contributed by atoms with Gasteiger partial charge in [0.2, 0.25) is 10.0 Å². The average Bonchev–Trinajstić information content (AvgIpc) is 2.55. The molecule has 0 aromatic heterocycles. The number of aryl methyl sites for hydroxylation is 1. The summed E-state index contributed by atoms with van der Waals surface area (Å²) in [7, 11) is -3.44. The lowest BCUT2D eigenvalue weighted by Crippen LogP contribution is -2.23. The van der Waals surface area contributed by atoms with Crippen LogP contribution in [-0.4, -0.2) is 20.1 Å². The van der Waals surface area contributed by atoms with E-state index < -0.39 is 10.0 Å². The summed E-state index contributed by atoms with van der Waals surface area (Å²) in [5.41, 5.74) is 2.86. The summed E-state index contributed by atoms with van der Waals surface area (Å²) in [6.45, 7) is 4.18. The van der Waals surface area contributed by atoms with Crippen LogP contribution >= 0.6 is 12.2 Å². The molecule has 0 atom stereocenters. The molecule has 0 radical (unpaired) electrons. The molecule has 5 nitrogen and oxygen atoms in total. The molecule has 0 spiro atoms. The van der Waals surface area contributed by atoms with Crippen molar-refractivity contribution in [2.45, 2.75) is 25.2 Å². The number of sulfonamides is 1. The van der Waals surface area contributed by atoms with Gasteiger partial charge in [0.25, 0.3) is 0 Å². The van der Waals surface area contributed by atoms with Crippen LogP contribution in [0.15, 0.2) is 53.4 Å². The molecule has 0 bridgehead atoms. The molecular formula is C17H21N3O2S2. The van der Waals surface area contributed by atoms with Gasteiger partial charge in [0.05, 0.1) is 4.90 Å². The fourth-order valence-corrected chi connectivity index (χ4v) is 3.49. The standard InChI is InChI=1S/C17H21N3O2S2/c1-3-13-7-5-6-8-16(13)20-17(23)19-14-9-11-15(12-10-14)24(21,22)18-4-2/h5-12,18H,3-4H2,1-2H3,(H2,19,20,23). The van der Waals surface area contributed by atoms with Crippen LogP contribution in [0, 0.1) is 0 Å². The lowest BCUT2D eigenvalue weighted by atomic mass is 10.1. The van der Waals surface area contributed by atoms with E-state index in [2.05, 4.69) is 22.3 Å². The Morgan fingerprint density at radius 3 is 2.29 bits per heavy atom. The van der Waals surface area contributed by atoms with Gasteiger partial charge in [0.1, 0.15) is 0 Å². The number of anilines is 2. The minimum atomic E-state index is -3.44. The van der Waals surface area contributed by atoms with Crippen LogP contribution in [0.25, 0.3) is 0 Å². The zero-order valence-corrected chi connectivity index (χ0v) is 15.3. The largest absolute Gasteiger partial charge is 0.332 e. The van der Waals surface area contributed by atoms with Crippen molar-refractivity contribution in [2.75, 3.05) is 17.2 Å². The zero-order chi connectivity index (χ0) is 17.6. The van der Waals surface area contributed by atoms with E-state index in [4.69, 9.17) is 12.2 Å². The maximum absolute atomic E-state index is 11.9. The molecule has 0 fully saturated rings. The first kappa shape index (κ1) is 18.4. The van der Waals surface area contributed by atoms with Crippen LogP contribution in [0.2, 0.25) is 0 Å². The molecule has 7 heteroatoms. The first-order chi connectivity index (χ1) is 11.5. The van der Waals surface area contributed by atoms with Gasteiger partial charge < -0.3 is 10.6 Å². The predicted octanol–water partition coefficient (Wildman–Crippen LogP) is 3.36. The molecule has 3 N–H and O–H groups in total. The molecule has 0 aliphatic heterocycles. The molecule has 24 heavy (non-hydrogen) atoms. The lowest BCUT2D eigenvalue weighted by molar-refractivity contribution is 0.584. The summed E-state index contributed by atoms with van der Waals surface area (Å²) in [6, 6.07) is 14.4. The normalized spacial score (nSPS) is 11.1. The molecule has 0 amide bonds. The first-order valence-corrected chi connectivity index (χ1v) is 9.61. The first-order valence-electron chi connectivity index (χ1n) is 7.72. The van der Waals surface area contributed by atoms with Crippen molar-refractivity contribution in [3.8, 4) is 0 Å². The molecule has 0 heterocycles. The monoisotopic (exact) mass is 363 g/mol. The number of nitrogens with one attached hydrogen (secondary N) is 3. The molecule has 2 rings (SSSR count). The van der Waals surface area contributed by atoms with E-state index in [1.165, 1.54) is 5.56 Å². The molecule has 0 saturated carbocycles. The maximum Gasteiger partial charge on any atom is 0.240 e. The van der Waals surface area contributed by atoms with E-state index in [0.29, 0.717) is 11.7 Å². The molecular weight excluding hydrogens is 342 g/mol. The molecule has 2 aromatic carbocycles. The SMILES string of the molecule is CCNS(=O)(=O)c1ccc(NC(=S)Nc2ccccc2CC)cc1. The second kappa shape index (κ2) is 8.23. The topological polar surface area (TPSA) is 70.2 Å². The quantitative estimate of drug-likeness (QED) is 0.687. The number of rotatable bonds is 6. The van der Waals surface area contributed by atoms with Gasteiger partial charge in [-0.15, -0.1) is 0 Å². The third-order valence-corrected chi connectivity index (χ3v) is 5.17. The van der Waals surface area contributed by atoms with Crippen molar-refractivity contribution < 1.29 is 8.42 Å². The number of thiocarbonyl (C=S) groups is 1. The van der Waals surface area contributed by atoms with Gasteiger partial charge in [-0.25, -0.2) is 13.1 Å². The Morgan fingerprint density at radius 1 is 1.00 bits per heavy atom. The molecule has 128 valence electrons. The summed E-state index contributed by atoms with van der Waals surface area (Å²) in [6.07, 6.45) is 0.906. The third kappa shape index (κ3) is 4.77. The molecule has 0 aliphatic carbocycles. The summed E-state index contributed by atoms with van der Waals surface area (Å²) in [5, 5.41) is 6.68. The van der Waals surface area contributed by atoms with Crippen LogP contribution in [0.5, 0.6) is 0 Å². The molecule has 0 aliphatic rings. The van der Waals surface area contributed by atoms with Crippen molar-refractivity contribution in [1.82, 2.24) is 4.72 Å². The summed E-state index contributed by atoms with van der Waals surface area (Å²) in [4.78, 5) is 0.227. The fraction of sp³-hybridized carbons (Fsp3) is 0.235. The molecule has 0 saturated heterocycles. The van der Waals surface area contributed by atoms with Crippen molar-refractivity contribution in [3.05, 3.63) is 54.1 Å². The Hall–Kier alpha value is -1.96. The van der Waals surface area contributed by atoms with Crippen LogP contribution < -0.4 is 15.4 Å². The van der Waals surface area contributed by atoms with Crippen molar-refractivity contribution >= 4 is 38.7 Å². The highest BCUT2D eigenvalue weighted by atomic mass is 32.2. The summed E-state index contributed by atoms with van der Waals surface area (Å²) >= 11 is 5.32. The number of benzene rings is 2. The Morgan fingerprint density at radius 2 is 1.67 bits per heavy atom. The van der Waals surface area contributed by atoms with Gasteiger partial charge in [0, 0.05) is 17.9 Å². The van der Waals surface area contributed by atoms with Gasteiger partial charge in [-0.3, -0.25) is 0 Å². The second-order valence-corrected chi connectivity index (χ2v) is 7.29. The Labute approximate surface area is 148 Å². The number of hydrogen-bond donors (Lipinski definition) is 3. The van der Waals surface area contributed by atoms with Gasteiger partial charge in [-0.2, -0.15) is 0 Å². The maximum atomic E-state index is 11.9. The van der Waals surface area contributed by atoms with E-state index in [1.807, 2.05) is 24.3 Å². The van der Waals surface area contributed by atoms with Crippen molar-refractivity contribution in [1.29, 1.82) is 0 Å². The van der Waals surface area contributed by atoms with Gasteiger partial charge in [-0.1, -0.05) is 32.0 Å². The number of hydrogen-bond acceptors (Lipinski definition) is 3. The summed E-state index contributed by atoms with van der Waals surface area (Å²) in [5.74, 6) is 0. The van der Waals surface area contributed by atoms with E-state index in [9.17, 15) is 8.42 Å². The third-order valence-electron chi connectivity index (χ3n) is 3.40.